The van der Waals surface area contributed by atoms with Crippen LogP contribution >= 0.6 is 0 Å². The number of carbonyl (C=O) groups is 1. The SMILES string of the molecule is C=C1C(=O)O[C@@H]2/C=C(\C)CC[C@H]3O[C@@]34C[C@H](O[C@@H]4O)[C@H]12. The number of aliphatic hydroxyl groups excluding tert-OH is 1. The number of esters is 1. The van der Waals surface area contributed by atoms with Crippen molar-refractivity contribution in [2.45, 2.75) is 56.4 Å². The minimum absolute atomic E-state index is 0.0497. The van der Waals surface area contributed by atoms with E-state index in [1.807, 2.05) is 13.0 Å². The van der Waals surface area contributed by atoms with Crippen LogP contribution in [0.4, 0.5) is 0 Å². The van der Waals surface area contributed by atoms with E-state index in [1.165, 1.54) is 5.57 Å². The summed E-state index contributed by atoms with van der Waals surface area (Å²) in [5.74, 6) is -0.593. The molecule has 3 fully saturated rings. The van der Waals surface area contributed by atoms with Crippen molar-refractivity contribution in [1.29, 1.82) is 0 Å². The molecule has 0 unspecified atom stereocenters. The van der Waals surface area contributed by atoms with Gasteiger partial charge in [0.1, 0.15) is 11.7 Å². The second kappa shape index (κ2) is 3.93. The van der Waals surface area contributed by atoms with Gasteiger partial charge in [0.2, 0.25) is 0 Å². The highest BCUT2D eigenvalue weighted by atomic mass is 16.7. The molecule has 5 heteroatoms. The summed E-state index contributed by atoms with van der Waals surface area (Å²) >= 11 is 0. The van der Waals surface area contributed by atoms with E-state index in [9.17, 15) is 9.90 Å². The van der Waals surface area contributed by atoms with Gasteiger partial charge in [-0.1, -0.05) is 12.2 Å². The maximum absolute atomic E-state index is 11.8. The number of ether oxygens (including phenoxy) is 3. The summed E-state index contributed by atoms with van der Waals surface area (Å²) in [6.45, 7) is 5.87. The van der Waals surface area contributed by atoms with Crippen molar-refractivity contribution in [1.82, 2.24) is 0 Å². The van der Waals surface area contributed by atoms with E-state index in [4.69, 9.17) is 14.2 Å². The van der Waals surface area contributed by atoms with Crippen LogP contribution in [-0.2, 0) is 19.0 Å². The maximum Gasteiger partial charge on any atom is 0.334 e. The van der Waals surface area contributed by atoms with Gasteiger partial charge in [-0.05, 0) is 25.8 Å². The fourth-order valence-electron chi connectivity index (χ4n) is 3.79. The molecule has 20 heavy (non-hydrogen) atoms. The molecule has 3 aliphatic heterocycles. The lowest BCUT2D eigenvalue weighted by Crippen LogP contribution is -2.29. The fraction of sp³-hybridized carbons (Fsp3) is 0.667. The van der Waals surface area contributed by atoms with Gasteiger partial charge in [-0.3, -0.25) is 0 Å². The number of hydrogen-bond acceptors (Lipinski definition) is 5. The molecule has 108 valence electrons. The van der Waals surface area contributed by atoms with Crippen LogP contribution in [-0.4, -0.2) is 41.3 Å². The number of allylic oxidation sites excluding steroid dienone is 1. The summed E-state index contributed by atoms with van der Waals surface area (Å²) in [7, 11) is 0. The van der Waals surface area contributed by atoms with Gasteiger partial charge in [-0.25, -0.2) is 4.79 Å². The highest BCUT2D eigenvalue weighted by molar-refractivity contribution is 5.91. The van der Waals surface area contributed by atoms with Crippen LogP contribution in [0.5, 0.6) is 0 Å². The Labute approximate surface area is 117 Å². The van der Waals surface area contributed by atoms with Gasteiger partial charge in [0.25, 0.3) is 0 Å². The molecule has 3 saturated heterocycles. The summed E-state index contributed by atoms with van der Waals surface area (Å²) in [4.78, 5) is 11.8. The van der Waals surface area contributed by atoms with E-state index in [0.717, 1.165) is 12.8 Å². The lowest BCUT2D eigenvalue weighted by molar-refractivity contribution is -0.139. The molecule has 0 saturated carbocycles. The smallest absolute Gasteiger partial charge is 0.334 e. The fourth-order valence-corrected chi connectivity index (χ4v) is 3.79. The van der Waals surface area contributed by atoms with Crippen molar-refractivity contribution in [2.75, 3.05) is 0 Å². The summed E-state index contributed by atoms with van der Waals surface area (Å²) in [6.07, 6.45) is 2.85. The summed E-state index contributed by atoms with van der Waals surface area (Å²) in [5, 5.41) is 10.2. The number of rotatable bonds is 0. The molecule has 6 atom stereocenters. The Kier molecular flexibility index (Phi) is 2.47. The molecular formula is C15H18O5. The van der Waals surface area contributed by atoms with Crippen molar-refractivity contribution < 1.29 is 24.1 Å². The normalized spacial score (nSPS) is 52.7. The van der Waals surface area contributed by atoms with E-state index < -0.39 is 11.9 Å². The third kappa shape index (κ3) is 1.57. The van der Waals surface area contributed by atoms with Crippen LogP contribution in [0.15, 0.2) is 23.8 Å². The Morgan fingerprint density at radius 3 is 3.10 bits per heavy atom. The number of epoxide rings is 1. The van der Waals surface area contributed by atoms with Gasteiger partial charge in [-0.15, -0.1) is 0 Å². The van der Waals surface area contributed by atoms with E-state index in [-0.39, 0.29) is 30.2 Å². The molecule has 1 aliphatic carbocycles. The van der Waals surface area contributed by atoms with Crippen molar-refractivity contribution in [3.63, 3.8) is 0 Å². The van der Waals surface area contributed by atoms with Crippen molar-refractivity contribution >= 4 is 5.97 Å². The molecule has 0 radical (unpaired) electrons. The molecule has 0 aromatic heterocycles. The van der Waals surface area contributed by atoms with Gasteiger partial charge in [0.05, 0.1) is 18.1 Å². The standard InChI is InChI=1S/C15H18O5/c1-7-3-4-11-15(20-11)6-10(19-14(15)17)12-8(2)13(16)18-9(12)5-7/h5,9-12,14,17H,2-4,6H2,1H3/b7-5+/t9-,10+,11-,12-,14+,15+/m1/s1. The van der Waals surface area contributed by atoms with Crippen LogP contribution in [0.3, 0.4) is 0 Å². The van der Waals surface area contributed by atoms with Crippen molar-refractivity contribution in [3.05, 3.63) is 23.8 Å². The molecule has 0 amide bonds. The van der Waals surface area contributed by atoms with Crippen molar-refractivity contribution in [2.24, 2.45) is 5.92 Å². The maximum atomic E-state index is 11.8. The molecule has 5 nitrogen and oxygen atoms in total. The average Bonchev–Trinajstić information content (AvgIpc) is 2.90. The van der Waals surface area contributed by atoms with Crippen LogP contribution < -0.4 is 0 Å². The second-order valence-corrected chi connectivity index (χ2v) is 6.27. The summed E-state index contributed by atoms with van der Waals surface area (Å²) < 4.78 is 16.8. The van der Waals surface area contributed by atoms with E-state index in [2.05, 4.69) is 6.58 Å². The van der Waals surface area contributed by atoms with Gasteiger partial charge < -0.3 is 19.3 Å². The van der Waals surface area contributed by atoms with E-state index >= 15 is 0 Å². The first-order valence-electron chi connectivity index (χ1n) is 7.10. The zero-order chi connectivity index (χ0) is 14.1. The Morgan fingerprint density at radius 2 is 2.30 bits per heavy atom. The van der Waals surface area contributed by atoms with Crippen LogP contribution in [0.2, 0.25) is 0 Å². The molecule has 2 bridgehead atoms. The first-order chi connectivity index (χ1) is 9.51. The highest BCUT2D eigenvalue weighted by Crippen LogP contribution is 2.54. The number of carbonyl (C=O) groups excluding carboxylic acids is 1. The lowest BCUT2D eigenvalue weighted by atomic mass is 9.84. The predicted octanol–water partition coefficient (Wildman–Crippen LogP) is 1.07. The molecule has 4 rings (SSSR count). The van der Waals surface area contributed by atoms with Crippen LogP contribution in [0.1, 0.15) is 26.2 Å². The summed E-state index contributed by atoms with van der Waals surface area (Å²) in [5.41, 5.74) is 1.04. The zero-order valence-electron chi connectivity index (χ0n) is 11.4. The predicted molar refractivity (Wildman–Crippen MR) is 68.6 cm³/mol. The Hall–Kier alpha value is -1.17. The zero-order valence-corrected chi connectivity index (χ0v) is 11.4. The highest BCUT2D eigenvalue weighted by Gasteiger charge is 2.68. The molecule has 1 N–H and O–H groups in total. The Balaban J connectivity index is 1.73. The van der Waals surface area contributed by atoms with E-state index in [0.29, 0.717) is 12.0 Å². The molecular weight excluding hydrogens is 260 g/mol. The number of fused-ring (bicyclic) bond motifs is 3. The molecule has 0 aromatic carbocycles. The Morgan fingerprint density at radius 1 is 1.50 bits per heavy atom. The molecule has 0 aromatic rings. The minimum Gasteiger partial charge on any atom is -0.454 e. The van der Waals surface area contributed by atoms with E-state index in [1.54, 1.807) is 0 Å². The van der Waals surface area contributed by atoms with Gasteiger partial charge in [0.15, 0.2) is 6.29 Å². The van der Waals surface area contributed by atoms with Crippen molar-refractivity contribution in [3.8, 4) is 0 Å². The molecule has 1 spiro atoms. The third-order valence-corrected chi connectivity index (χ3v) is 5.00. The Bertz CT molecular complexity index is 524. The topological polar surface area (TPSA) is 68.3 Å². The number of hydrogen-bond donors (Lipinski definition) is 1. The lowest BCUT2D eigenvalue weighted by Gasteiger charge is -2.21. The van der Waals surface area contributed by atoms with Gasteiger partial charge in [0, 0.05) is 12.0 Å². The van der Waals surface area contributed by atoms with Crippen LogP contribution in [0.25, 0.3) is 0 Å². The van der Waals surface area contributed by atoms with Gasteiger partial charge in [-0.2, -0.15) is 0 Å². The molecule has 3 heterocycles. The van der Waals surface area contributed by atoms with Gasteiger partial charge >= 0.3 is 5.97 Å². The average molecular weight is 278 g/mol. The summed E-state index contributed by atoms with van der Waals surface area (Å²) in [6, 6.07) is 0. The third-order valence-electron chi connectivity index (χ3n) is 5.00. The quantitative estimate of drug-likeness (QED) is 0.311. The first kappa shape index (κ1) is 12.6. The first-order valence-corrected chi connectivity index (χ1v) is 7.10. The monoisotopic (exact) mass is 278 g/mol. The minimum atomic E-state index is -0.917. The second-order valence-electron chi connectivity index (χ2n) is 6.27. The largest absolute Gasteiger partial charge is 0.454 e. The molecule has 4 aliphatic rings. The number of aliphatic hydroxyl groups is 1. The van der Waals surface area contributed by atoms with Crippen LogP contribution in [0, 0.1) is 5.92 Å².